The van der Waals surface area contributed by atoms with E-state index >= 15 is 0 Å². The van der Waals surface area contributed by atoms with Crippen LogP contribution in [0.1, 0.15) is 27.2 Å². The molecule has 0 aliphatic carbocycles. The van der Waals surface area contributed by atoms with Crippen LogP contribution < -0.4 is 10.9 Å². The molecule has 0 spiro atoms. The van der Waals surface area contributed by atoms with Gasteiger partial charge in [0.2, 0.25) is 0 Å². The number of amides is 1. The number of nitriles is 1. The van der Waals surface area contributed by atoms with Gasteiger partial charge in [-0.2, -0.15) is 18.4 Å². The van der Waals surface area contributed by atoms with Gasteiger partial charge in [-0.1, -0.05) is 18.2 Å². The third-order valence-electron chi connectivity index (χ3n) is 4.90. The normalized spacial score (nSPS) is 11.6. The average molecular weight is 489 g/mol. The lowest BCUT2D eigenvalue weighted by molar-refractivity contribution is -0.137. The van der Waals surface area contributed by atoms with Crippen LogP contribution in [0.3, 0.4) is 0 Å². The number of carbonyl (C=O) groups is 1. The van der Waals surface area contributed by atoms with Crippen LogP contribution in [-0.2, 0) is 29.0 Å². The Morgan fingerprint density at radius 2 is 1.76 bits per heavy atom. The Morgan fingerprint density at radius 1 is 1.09 bits per heavy atom. The fourth-order valence-electron chi connectivity index (χ4n) is 3.20. The van der Waals surface area contributed by atoms with E-state index in [0.717, 1.165) is 29.0 Å². The highest BCUT2D eigenvalue weighted by Crippen LogP contribution is 2.30. The Morgan fingerprint density at radius 3 is 2.35 bits per heavy atom. The van der Waals surface area contributed by atoms with E-state index in [4.69, 9.17) is 5.26 Å². The first-order valence-electron chi connectivity index (χ1n) is 9.78. The lowest BCUT2D eigenvalue weighted by atomic mass is 10.1. The molecule has 0 saturated heterocycles. The number of hydrogen-bond acceptors (Lipinski definition) is 5. The highest BCUT2D eigenvalue weighted by molar-refractivity contribution is 7.90. The molecule has 176 valence electrons. The van der Waals surface area contributed by atoms with E-state index in [1.54, 1.807) is 0 Å². The summed E-state index contributed by atoms with van der Waals surface area (Å²) < 4.78 is 63.5. The van der Waals surface area contributed by atoms with Gasteiger partial charge in [0.05, 0.1) is 22.9 Å². The number of pyridine rings is 1. The van der Waals surface area contributed by atoms with Crippen molar-refractivity contribution in [3.63, 3.8) is 0 Å². The first-order chi connectivity index (χ1) is 15.9. The molecule has 0 fully saturated rings. The molecule has 3 aromatic rings. The molecule has 0 aliphatic heterocycles. The molecule has 0 saturated carbocycles. The molecule has 0 atom stereocenters. The van der Waals surface area contributed by atoms with E-state index in [-0.39, 0.29) is 34.8 Å². The second-order valence-corrected chi connectivity index (χ2v) is 9.38. The molecule has 11 heteroatoms. The van der Waals surface area contributed by atoms with Gasteiger partial charge >= 0.3 is 6.18 Å². The second kappa shape index (κ2) is 9.52. The predicted molar refractivity (Wildman–Crippen MR) is 117 cm³/mol. The van der Waals surface area contributed by atoms with Crippen molar-refractivity contribution in [2.75, 3.05) is 6.26 Å². The fraction of sp³-hybridized carbons (Fsp3) is 0.174. The molecule has 0 aliphatic rings. The first kappa shape index (κ1) is 24.7. The highest BCUT2D eigenvalue weighted by Gasteiger charge is 2.31. The topological polar surface area (TPSA) is 109 Å². The Kier molecular flexibility index (Phi) is 6.93. The summed E-state index contributed by atoms with van der Waals surface area (Å²) >= 11 is 0. The Balaban J connectivity index is 1.94. The van der Waals surface area contributed by atoms with Gasteiger partial charge in [0.25, 0.3) is 11.5 Å². The minimum absolute atomic E-state index is 0.0220. The van der Waals surface area contributed by atoms with Gasteiger partial charge < -0.3 is 5.32 Å². The van der Waals surface area contributed by atoms with Crippen molar-refractivity contribution in [1.29, 1.82) is 5.26 Å². The summed E-state index contributed by atoms with van der Waals surface area (Å²) in [6.07, 6.45) is -3.84. The van der Waals surface area contributed by atoms with Gasteiger partial charge in [-0.25, -0.2) is 8.42 Å². The Labute approximate surface area is 193 Å². The maximum Gasteiger partial charge on any atom is 0.416 e. The molecule has 1 N–H and O–H groups in total. The van der Waals surface area contributed by atoms with Crippen molar-refractivity contribution in [1.82, 2.24) is 9.88 Å². The minimum Gasteiger partial charge on any atom is -0.348 e. The molecule has 34 heavy (non-hydrogen) atoms. The van der Waals surface area contributed by atoms with E-state index in [9.17, 15) is 31.2 Å². The Bertz CT molecular complexity index is 1440. The van der Waals surface area contributed by atoms with Crippen molar-refractivity contribution in [3.8, 4) is 11.8 Å². The minimum atomic E-state index is -4.64. The van der Waals surface area contributed by atoms with E-state index in [0.29, 0.717) is 5.56 Å². The molecule has 7 nitrogen and oxygen atoms in total. The summed E-state index contributed by atoms with van der Waals surface area (Å²) in [4.78, 5) is 25.9. The summed E-state index contributed by atoms with van der Waals surface area (Å²) in [7, 11) is -3.38. The molecule has 0 radical (unpaired) electrons. The zero-order valence-corrected chi connectivity index (χ0v) is 18.6. The SMILES string of the molecule is CS(=O)(=O)c1ccc(CNC(=O)c2ccc(CC#N)n(-c3cccc(C(F)(F)F)c3)c2=O)cc1. The van der Waals surface area contributed by atoms with E-state index in [1.807, 2.05) is 6.07 Å². The van der Waals surface area contributed by atoms with Gasteiger partial charge in [-0.05, 0) is 48.0 Å². The largest absolute Gasteiger partial charge is 0.416 e. The maximum absolute atomic E-state index is 13.2. The molecule has 2 aromatic carbocycles. The zero-order chi connectivity index (χ0) is 25.1. The number of benzene rings is 2. The summed E-state index contributed by atoms with van der Waals surface area (Å²) in [5, 5.41) is 11.6. The molecule has 1 heterocycles. The summed E-state index contributed by atoms with van der Waals surface area (Å²) in [6, 6.07) is 14.2. The van der Waals surface area contributed by atoms with Crippen molar-refractivity contribution in [3.05, 3.63) is 93.4 Å². The quantitative estimate of drug-likeness (QED) is 0.572. The van der Waals surface area contributed by atoms with Gasteiger partial charge in [0, 0.05) is 24.2 Å². The Hall–Kier alpha value is -3.91. The zero-order valence-electron chi connectivity index (χ0n) is 17.8. The highest BCUT2D eigenvalue weighted by atomic mass is 32.2. The van der Waals surface area contributed by atoms with Crippen LogP contribution in [0.4, 0.5) is 13.2 Å². The van der Waals surface area contributed by atoms with Crippen LogP contribution in [0.25, 0.3) is 5.69 Å². The number of nitrogens with zero attached hydrogens (tertiary/aromatic N) is 2. The fourth-order valence-corrected chi connectivity index (χ4v) is 3.83. The van der Waals surface area contributed by atoms with Crippen LogP contribution in [0.5, 0.6) is 0 Å². The number of hydrogen-bond donors (Lipinski definition) is 1. The average Bonchev–Trinajstić information content (AvgIpc) is 2.77. The van der Waals surface area contributed by atoms with Gasteiger partial charge in [-0.3, -0.25) is 14.2 Å². The third kappa shape index (κ3) is 5.52. The number of carbonyl (C=O) groups excluding carboxylic acids is 1. The maximum atomic E-state index is 13.2. The van der Waals surface area contributed by atoms with E-state index in [2.05, 4.69) is 5.32 Å². The molecule has 0 bridgehead atoms. The first-order valence-corrected chi connectivity index (χ1v) is 11.7. The van der Waals surface area contributed by atoms with Gasteiger partial charge in [0.1, 0.15) is 5.56 Å². The molecule has 3 rings (SSSR count). The van der Waals surface area contributed by atoms with Crippen molar-refractivity contribution >= 4 is 15.7 Å². The van der Waals surface area contributed by atoms with Gasteiger partial charge in [-0.15, -0.1) is 0 Å². The predicted octanol–water partition coefficient (Wildman–Crippen LogP) is 3.26. The lowest BCUT2D eigenvalue weighted by Crippen LogP contribution is -2.33. The standard InChI is InChI=1S/C23H18F3N3O4S/c1-34(32,33)19-8-5-15(6-9-19)14-28-21(30)20-10-7-17(11-12-27)29(22(20)31)18-4-2-3-16(13-18)23(24,25)26/h2-10,13H,11,14H2,1H3,(H,28,30). The van der Waals surface area contributed by atoms with Crippen molar-refractivity contribution in [2.45, 2.75) is 24.0 Å². The van der Waals surface area contributed by atoms with Gasteiger partial charge in [0.15, 0.2) is 9.84 Å². The number of aromatic nitrogens is 1. The van der Waals surface area contributed by atoms with E-state index in [1.165, 1.54) is 42.5 Å². The molecule has 0 unspecified atom stereocenters. The lowest BCUT2D eigenvalue weighted by Gasteiger charge is -2.15. The van der Waals surface area contributed by atoms with Crippen LogP contribution in [0.15, 0.2) is 70.4 Å². The molecular formula is C23H18F3N3O4S. The second-order valence-electron chi connectivity index (χ2n) is 7.36. The summed E-state index contributed by atoms with van der Waals surface area (Å²) in [5.74, 6) is -0.776. The van der Waals surface area contributed by atoms with Crippen molar-refractivity contribution < 1.29 is 26.4 Å². The number of rotatable bonds is 6. The summed E-state index contributed by atoms with van der Waals surface area (Å²) in [5.41, 5.74) is -1.62. The molecule has 1 aromatic heterocycles. The molecular weight excluding hydrogens is 471 g/mol. The summed E-state index contributed by atoms with van der Waals surface area (Å²) in [6.45, 7) is -0.0220. The molecule has 1 amide bonds. The number of halogens is 3. The van der Waals surface area contributed by atoms with Crippen LogP contribution in [0.2, 0.25) is 0 Å². The monoisotopic (exact) mass is 489 g/mol. The van der Waals surface area contributed by atoms with Crippen LogP contribution in [0, 0.1) is 11.3 Å². The third-order valence-corrected chi connectivity index (χ3v) is 6.03. The van der Waals surface area contributed by atoms with Crippen molar-refractivity contribution in [2.24, 2.45) is 0 Å². The number of alkyl halides is 3. The van der Waals surface area contributed by atoms with Crippen LogP contribution >= 0.6 is 0 Å². The van der Waals surface area contributed by atoms with Crippen LogP contribution in [-0.4, -0.2) is 25.1 Å². The smallest absolute Gasteiger partial charge is 0.348 e. The number of nitrogens with one attached hydrogen (secondary N) is 1. The number of sulfone groups is 1. The van der Waals surface area contributed by atoms with E-state index < -0.39 is 33.0 Å².